The highest BCUT2D eigenvalue weighted by Crippen LogP contribution is 2.29. The highest BCUT2D eigenvalue weighted by molar-refractivity contribution is 8.00. The summed E-state index contributed by atoms with van der Waals surface area (Å²) >= 11 is 2.05. The molecule has 2 unspecified atom stereocenters. The van der Waals surface area contributed by atoms with Crippen molar-refractivity contribution in [2.24, 2.45) is 0 Å². The maximum Gasteiger partial charge on any atom is 0.0736 e. The maximum atomic E-state index is 5.51. The topological polar surface area (TPSA) is 21.3 Å². The Bertz CT molecular complexity index is 356. The van der Waals surface area contributed by atoms with E-state index in [0.717, 1.165) is 6.61 Å². The second kappa shape index (κ2) is 6.31. The lowest BCUT2D eigenvalue weighted by Gasteiger charge is -2.20. The molecule has 0 radical (unpaired) electrons. The summed E-state index contributed by atoms with van der Waals surface area (Å²) in [6.07, 6.45) is 1.26. The van der Waals surface area contributed by atoms with E-state index in [4.69, 9.17) is 4.74 Å². The summed E-state index contributed by atoms with van der Waals surface area (Å²) in [5.74, 6) is 1.27. The molecule has 2 atom stereocenters. The van der Waals surface area contributed by atoms with Crippen LogP contribution >= 0.6 is 11.8 Å². The molecule has 1 fully saturated rings. The van der Waals surface area contributed by atoms with Gasteiger partial charge in [0.25, 0.3) is 0 Å². The molecule has 2 rings (SSSR count). The minimum absolute atomic E-state index is 0.600. The molecule has 0 aromatic heterocycles. The van der Waals surface area contributed by atoms with Crippen LogP contribution in [0.5, 0.6) is 0 Å². The summed E-state index contributed by atoms with van der Waals surface area (Å²) in [6, 6.07) is 9.06. The van der Waals surface area contributed by atoms with Gasteiger partial charge in [0, 0.05) is 29.1 Å². The van der Waals surface area contributed by atoms with Crippen molar-refractivity contribution in [3.05, 3.63) is 29.8 Å². The average Bonchev–Trinajstić information content (AvgIpc) is 2.74. The highest BCUT2D eigenvalue weighted by Gasteiger charge is 2.24. The molecule has 0 spiro atoms. The van der Waals surface area contributed by atoms with E-state index >= 15 is 0 Å². The Balaban J connectivity index is 2.03. The van der Waals surface area contributed by atoms with Crippen LogP contribution in [0, 0.1) is 0 Å². The van der Waals surface area contributed by atoms with Crippen LogP contribution in [0.25, 0.3) is 0 Å². The Morgan fingerprint density at radius 1 is 1.41 bits per heavy atom. The number of thioether (sulfide) groups is 1. The fourth-order valence-electron chi connectivity index (χ4n) is 2.12. The average molecular weight is 251 g/mol. The molecule has 0 bridgehead atoms. The molecule has 3 heteroatoms. The third-order valence-electron chi connectivity index (χ3n) is 3.20. The van der Waals surface area contributed by atoms with E-state index in [1.54, 1.807) is 0 Å². The molecule has 94 valence electrons. The Morgan fingerprint density at radius 3 is 2.94 bits per heavy atom. The minimum Gasteiger partial charge on any atom is -0.381 e. The van der Waals surface area contributed by atoms with Crippen molar-refractivity contribution >= 4 is 17.4 Å². The Kier molecular flexibility index (Phi) is 4.75. The van der Waals surface area contributed by atoms with Crippen molar-refractivity contribution in [1.29, 1.82) is 0 Å². The first-order valence-electron chi connectivity index (χ1n) is 6.35. The van der Waals surface area contributed by atoms with E-state index < -0.39 is 0 Å². The van der Waals surface area contributed by atoms with Gasteiger partial charge in [0.1, 0.15) is 0 Å². The first-order valence-corrected chi connectivity index (χ1v) is 7.40. The highest BCUT2D eigenvalue weighted by atomic mass is 32.2. The summed E-state index contributed by atoms with van der Waals surface area (Å²) in [6.45, 7) is 5.81. The number of nitrogens with one attached hydrogen (secondary N) is 1. The van der Waals surface area contributed by atoms with Crippen molar-refractivity contribution in [2.75, 3.05) is 17.7 Å². The summed E-state index contributed by atoms with van der Waals surface area (Å²) in [5, 5.41) is 4.37. The zero-order chi connectivity index (χ0) is 12.1. The zero-order valence-corrected chi connectivity index (χ0v) is 11.4. The summed E-state index contributed by atoms with van der Waals surface area (Å²) in [7, 11) is 0. The Labute approximate surface area is 108 Å². The standard InChI is InChI=1S/C14H21NOS/c1-3-16-10-12-6-4-5-7-14(12)15-13-8-9-17-11(13)2/h4-7,11,13,15H,3,8-10H2,1-2H3. The number of ether oxygens (including phenoxy) is 1. The molecule has 17 heavy (non-hydrogen) atoms. The summed E-state index contributed by atoms with van der Waals surface area (Å²) in [4.78, 5) is 0. The van der Waals surface area contributed by atoms with E-state index in [1.807, 2.05) is 6.92 Å². The van der Waals surface area contributed by atoms with E-state index in [2.05, 4.69) is 48.3 Å². The lowest BCUT2D eigenvalue weighted by atomic mass is 10.1. The van der Waals surface area contributed by atoms with Crippen LogP contribution in [-0.2, 0) is 11.3 Å². The van der Waals surface area contributed by atoms with Gasteiger partial charge in [-0.2, -0.15) is 11.8 Å². The third kappa shape index (κ3) is 3.39. The van der Waals surface area contributed by atoms with Crippen LogP contribution in [0.4, 0.5) is 5.69 Å². The fraction of sp³-hybridized carbons (Fsp3) is 0.571. The second-order valence-electron chi connectivity index (χ2n) is 4.41. The smallest absolute Gasteiger partial charge is 0.0736 e. The van der Waals surface area contributed by atoms with Gasteiger partial charge in [0.05, 0.1) is 6.61 Å². The van der Waals surface area contributed by atoms with Crippen molar-refractivity contribution < 1.29 is 4.74 Å². The van der Waals surface area contributed by atoms with Crippen molar-refractivity contribution in [2.45, 2.75) is 38.2 Å². The normalized spacial score (nSPS) is 23.9. The van der Waals surface area contributed by atoms with Crippen LogP contribution in [0.1, 0.15) is 25.8 Å². The van der Waals surface area contributed by atoms with Gasteiger partial charge in [0.2, 0.25) is 0 Å². The van der Waals surface area contributed by atoms with E-state index in [-0.39, 0.29) is 0 Å². The van der Waals surface area contributed by atoms with Gasteiger partial charge in [-0.3, -0.25) is 0 Å². The summed E-state index contributed by atoms with van der Waals surface area (Å²) in [5.41, 5.74) is 2.50. The fourth-order valence-corrected chi connectivity index (χ4v) is 3.32. The molecule has 0 aliphatic carbocycles. The molecule has 1 heterocycles. The lowest BCUT2D eigenvalue weighted by molar-refractivity contribution is 0.134. The van der Waals surface area contributed by atoms with Crippen LogP contribution < -0.4 is 5.32 Å². The van der Waals surface area contributed by atoms with Gasteiger partial charge >= 0.3 is 0 Å². The van der Waals surface area contributed by atoms with Crippen molar-refractivity contribution in [1.82, 2.24) is 0 Å². The molecule has 2 nitrogen and oxygen atoms in total. The predicted octanol–water partition coefficient (Wildman–Crippen LogP) is 3.53. The molecule has 1 aromatic rings. The second-order valence-corrected chi connectivity index (χ2v) is 5.89. The van der Waals surface area contributed by atoms with Crippen LogP contribution in [-0.4, -0.2) is 23.7 Å². The van der Waals surface area contributed by atoms with E-state index in [0.29, 0.717) is 17.9 Å². The van der Waals surface area contributed by atoms with E-state index in [1.165, 1.54) is 23.4 Å². The third-order valence-corrected chi connectivity index (χ3v) is 4.52. The molecule has 0 saturated carbocycles. The Morgan fingerprint density at radius 2 is 2.24 bits per heavy atom. The maximum absolute atomic E-state index is 5.51. The Hall–Kier alpha value is -0.670. The molecule has 1 aromatic carbocycles. The van der Waals surface area contributed by atoms with E-state index in [9.17, 15) is 0 Å². The molecule has 1 aliphatic heterocycles. The number of benzene rings is 1. The quantitative estimate of drug-likeness (QED) is 0.865. The number of hydrogen-bond donors (Lipinski definition) is 1. The molecule has 1 saturated heterocycles. The van der Waals surface area contributed by atoms with Crippen LogP contribution in [0.2, 0.25) is 0 Å². The predicted molar refractivity (Wildman–Crippen MR) is 75.7 cm³/mol. The molecule has 1 aliphatic rings. The number of hydrogen-bond acceptors (Lipinski definition) is 3. The first kappa shape index (κ1) is 12.8. The molecule has 0 amide bonds. The van der Waals surface area contributed by atoms with Crippen molar-refractivity contribution in [3.8, 4) is 0 Å². The van der Waals surface area contributed by atoms with Gasteiger partial charge in [0.15, 0.2) is 0 Å². The van der Waals surface area contributed by atoms with Gasteiger partial charge in [-0.25, -0.2) is 0 Å². The van der Waals surface area contributed by atoms with Crippen LogP contribution in [0.3, 0.4) is 0 Å². The largest absolute Gasteiger partial charge is 0.381 e. The van der Waals surface area contributed by atoms with Gasteiger partial charge in [-0.15, -0.1) is 0 Å². The monoisotopic (exact) mass is 251 g/mol. The lowest BCUT2D eigenvalue weighted by Crippen LogP contribution is -2.25. The zero-order valence-electron chi connectivity index (χ0n) is 10.6. The molecular formula is C14H21NOS. The van der Waals surface area contributed by atoms with Crippen molar-refractivity contribution in [3.63, 3.8) is 0 Å². The number of anilines is 1. The minimum atomic E-state index is 0.600. The molecular weight excluding hydrogens is 230 g/mol. The number of para-hydroxylation sites is 1. The van der Waals surface area contributed by atoms with Gasteiger partial charge < -0.3 is 10.1 Å². The summed E-state index contributed by atoms with van der Waals surface area (Å²) < 4.78 is 5.51. The van der Waals surface area contributed by atoms with Gasteiger partial charge in [-0.1, -0.05) is 25.1 Å². The van der Waals surface area contributed by atoms with Gasteiger partial charge in [-0.05, 0) is 25.2 Å². The first-order chi connectivity index (χ1) is 8.31. The number of rotatable bonds is 5. The molecule has 1 N–H and O–H groups in total. The SMILES string of the molecule is CCOCc1ccccc1NC1CCSC1C. The van der Waals surface area contributed by atoms with Crippen LogP contribution in [0.15, 0.2) is 24.3 Å².